The molecule has 0 unspecified atom stereocenters. The Morgan fingerprint density at radius 2 is 1.09 bits per heavy atom. The van der Waals surface area contributed by atoms with Crippen LogP contribution in [0, 0.1) is 0 Å². The summed E-state index contributed by atoms with van der Waals surface area (Å²) in [6.07, 6.45) is 21.5. The van der Waals surface area contributed by atoms with Crippen LogP contribution in [0.2, 0.25) is 0 Å². The second-order valence-electron chi connectivity index (χ2n) is 6.29. The van der Waals surface area contributed by atoms with Crippen molar-refractivity contribution in [2.45, 2.75) is 103 Å². The van der Waals surface area contributed by atoms with Crippen LogP contribution in [0.1, 0.15) is 103 Å². The summed E-state index contributed by atoms with van der Waals surface area (Å²) in [4.78, 5) is 10.4. The lowest BCUT2D eigenvalue weighted by Gasteiger charge is -2.03. The van der Waals surface area contributed by atoms with Gasteiger partial charge in [0, 0.05) is 6.42 Å². The van der Waals surface area contributed by atoms with E-state index in [0.717, 1.165) is 19.3 Å². The highest BCUT2D eigenvalue weighted by atomic mass is 16.4. The summed E-state index contributed by atoms with van der Waals surface area (Å²) >= 11 is 0. The van der Waals surface area contributed by atoms with Crippen LogP contribution in [-0.2, 0) is 4.79 Å². The largest absolute Gasteiger partial charge is 0.481 e. The first-order valence-electron chi connectivity index (χ1n) is 9.33. The molecule has 0 atom stereocenters. The van der Waals surface area contributed by atoms with Gasteiger partial charge in [0.2, 0.25) is 0 Å². The topological polar surface area (TPSA) is 37.3 Å². The number of rotatable bonds is 17. The Balaban J connectivity index is 2.99. The van der Waals surface area contributed by atoms with Gasteiger partial charge in [0.05, 0.1) is 0 Å². The molecule has 0 fully saturated rings. The first-order valence-corrected chi connectivity index (χ1v) is 9.33. The normalized spacial score (nSPS) is 10.4. The molecule has 0 aliphatic rings. The molecule has 0 heterocycles. The fraction of sp³-hybridized carbons (Fsp3) is 0.800. The van der Waals surface area contributed by atoms with Crippen molar-refractivity contribution < 1.29 is 9.90 Å². The average molecular weight is 309 g/mol. The number of carboxylic acids is 1. The third kappa shape index (κ3) is 19.0. The van der Waals surface area contributed by atoms with Crippen LogP contribution < -0.4 is 0 Å². The van der Waals surface area contributed by atoms with Crippen molar-refractivity contribution in [2.24, 2.45) is 0 Å². The van der Waals surface area contributed by atoms with E-state index in [9.17, 15) is 4.79 Å². The lowest BCUT2D eigenvalue weighted by atomic mass is 10.0. The zero-order chi connectivity index (χ0) is 16.3. The third-order valence-corrected chi connectivity index (χ3v) is 4.13. The van der Waals surface area contributed by atoms with Crippen LogP contribution in [-0.4, -0.2) is 11.1 Å². The Morgan fingerprint density at radius 1 is 0.727 bits per heavy atom. The van der Waals surface area contributed by atoms with Crippen molar-refractivity contribution in [3.8, 4) is 0 Å². The minimum Gasteiger partial charge on any atom is -0.481 e. The van der Waals surface area contributed by atoms with Gasteiger partial charge in [0.1, 0.15) is 0 Å². The average Bonchev–Trinajstić information content (AvgIpc) is 2.50. The number of carboxylic acid groups (broad SMARTS) is 1. The second-order valence-corrected chi connectivity index (χ2v) is 6.29. The smallest absolute Gasteiger partial charge is 0.303 e. The molecule has 0 rings (SSSR count). The summed E-state index contributed by atoms with van der Waals surface area (Å²) in [5.41, 5.74) is 2.82. The number of hydrogen-bond acceptors (Lipinski definition) is 1. The van der Waals surface area contributed by atoms with Gasteiger partial charge in [0.15, 0.2) is 0 Å². The maximum atomic E-state index is 10.4. The molecule has 0 amide bonds. The van der Waals surface area contributed by atoms with Crippen LogP contribution in [0.5, 0.6) is 0 Å². The number of carbonyl (C=O) groups is 1. The van der Waals surface area contributed by atoms with Gasteiger partial charge in [0.25, 0.3) is 0 Å². The zero-order valence-corrected chi connectivity index (χ0v) is 14.5. The van der Waals surface area contributed by atoms with Gasteiger partial charge in [-0.15, -0.1) is 5.73 Å². The summed E-state index contributed by atoms with van der Waals surface area (Å²) in [5, 5.41) is 8.53. The predicted molar refractivity (Wildman–Crippen MR) is 95.2 cm³/mol. The van der Waals surface area contributed by atoms with E-state index in [2.05, 4.69) is 12.3 Å². The molecule has 128 valence electrons. The van der Waals surface area contributed by atoms with Crippen LogP contribution in [0.15, 0.2) is 18.4 Å². The van der Waals surface area contributed by atoms with Gasteiger partial charge in [-0.3, -0.25) is 4.79 Å². The molecule has 0 bridgehead atoms. The van der Waals surface area contributed by atoms with Gasteiger partial charge in [-0.1, -0.05) is 83.6 Å². The molecule has 0 aromatic rings. The van der Waals surface area contributed by atoms with Gasteiger partial charge < -0.3 is 5.11 Å². The van der Waals surface area contributed by atoms with Gasteiger partial charge >= 0.3 is 5.97 Å². The molecule has 0 aromatic heterocycles. The highest BCUT2D eigenvalue weighted by Gasteiger charge is 1.97. The van der Waals surface area contributed by atoms with Gasteiger partial charge in [-0.05, 0) is 25.3 Å². The van der Waals surface area contributed by atoms with E-state index in [-0.39, 0.29) is 0 Å². The standard InChI is InChI=1S/C20H36O2/c1-2-3-4-5-6-7-8-9-10-11-12-13-14-15-16-17-18-19-20(21)22/h3H,1,4-19H2,(H,21,22). The van der Waals surface area contributed by atoms with Crippen molar-refractivity contribution >= 4 is 5.97 Å². The van der Waals surface area contributed by atoms with Crippen molar-refractivity contribution in [1.29, 1.82) is 0 Å². The lowest BCUT2D eigenvalue weighted by Crippen LogP contribution is -1.93. The second kappa shape index (κ2) is 18.0. The first kappa shape index (κ1) is 21.0. The SMILES string of the molecule is C=C=CCCCCCCCCCCCCCCCCC(=O)O. The van der Waals surface area contributed by atoms with Crippen molar-refractivity contribution in [3.05, 3.63) is 18.4 Å². The van der Waals surface area contributed by atoms with Crippen LogP contribution in [0.3, 0.4) is 0 Å². The summed E-state index contributed by atoms with van der Waals surface area (Å²) in [6.45, 7) is 3.57. The summed E-state index contributed by atoms with van der Waals surface area (Å²) in [6, 6.07) is 0. The van der Waals surface area contributed by atoms with Gasteiger partial charge in [-0.2, -0.15) is 0 Å². The first-order chi connectivity index (χ1) is 10.8. The molecule has 0 saturated heterocycles. The number of hydrogen-bond donors (Lipinski definition) is 1. The van der Waals surface area contributed by atoms with Crippen LogP contribution in [0.4, 0.5) is 0 Å². The van der Waals surface area contributed by atoms with Crippen LogP contribution in [0.25, 0.3) is 0 Å². The molecule has 1 N–H and O–H groups in total. The maximum Gasteiger partial charge on any atom is 0.303 e. The number of allylic oxidation sites excluding steroid dienone is 1. The third-order valence-electron chi connectivity index (χ3n) is 4.13. The molecule has 0 aliphatic heterocycles. The molecule has 0 aliphatic carbocycles. The van der Waals surface area contributed by atoms with Crippen molar-refractivity contribution in [1.82, 2.24) is 0 Å². The molecule has 22 heavy (non-hydrogen) atoms. The Bertz CT molecular complexity index is 274. The van der Waals surface area contributed by atoms with E-state index < -0.39 is 5.97 Å². The fourth-order valence-electron chi connectivity index (χ4n) is 2.75. The van der Waals surface area contributed by atoms with E-state index in [0.29, 0.717) is 6.42 Å². The molecule has 0 radical (unpaired) electrons. The van der Waals surface area contributed by atoms with E-state index >= 15 is 0 Å². The summed E-state index contributed by atoms with van der Waals surface area (Å²) in [7, 11) is 0. The Morgan fingerprint density at radius 3 is 1.45 bits per heavy atom. The molecule has 0 spiro atoms. The minimum atomic E-state index is -0.659. The number of aliphatic carboxylic acids is 1. The predicted octanol–water partition coefficient (Wildman–Crippen LogP) is 6.65. The molecule has 2 heteroatoms. The Labute approximate surface area is 137 Å². The van der Waals surface area contributed by atoms with Gasteiger partial charge in [-0.25, -0.2) is 0 Å². The summed E-state index contributed by atoms with van der Waals surface area (Å²) in [5.74, 6) is -0.659. The fourth-order valence-corrected chi connectivity index (χ4v) is 2.75. The maximum absolute atomic E-state index is 10.4. The highest BCUT2D eigenvalue weighted by Crippen LogP contribution is 2.13. The highest BCUT2D eigenvalue weighted by molar-refractivity contribution is 5.66. The van der Waals surface area contributed by atoms with E-state index in [1.807, 2.05) is 6.08 Å². The Kier molecular flexibility index (Phi) is 17.2. The van der Waals surface area contributed by atoms with Crippen molar-refractivity contribution in [2.75, 3.05) is 0 Å². The monoisotopic (exact) mass is 308 g/mol. The number of unbranched alkanes of at least 4 members (excludes halogenated alkanes) is 14. The molecule has 2 nitrogen and oxygen atoms in total. The minimum absolute atomic E-state index is 0.338. The van der Waals surface area contributed by atoms with E-state index in [1.54, 1.807) is 0 Å². The quantitative estimate of drug-likeness (QED) is 0.241. The molecular weight excluding hydrogens is 272 g/mol. The molecule has 0 saturated carbocycles. The zero-order valence-electron chi connectivity index (χ0n) is 14.5. The molecular formula is C20H36O2. The summed E-state index contributed by atoms with van der Waals surface area (Å²) < 4.78 is 0. The van der Waals surface area contributed by atoms with E-state index in [4.69, 9.17) is 5.11 Å². The molecule has 0 aromatic carbocycles. The van der Waals surface area contributed by atoms with Crippen molar-refractivity contribution in [3.63, 3.8) is 0 Å². The van der Waals surface area contributed by atoms with Crippen LogP contribution >= 0.6 is 0 Å². The Hall–Kier alpha value is -1.01. The van der Waals surface area contributed by atoms with E-state index in [1.165, 1.54) is 77.0 Å². The lowest BCUT2D eigenvalue weighted by molar-refractivity contribution is -0.137.